The molecule has 1 unspecified atom stereocenters. The maximum absolute atomic E-state index is 13.1. The van der Waals surface area contributed by atoms with Gasteiger partial charge >= 0.3 is 0 Å². The summed E-state index contributed by atoms with van der Waals surface area (Å²) in [5.41, 5.74) is -0.444. The second-order valence-corrected chi connectivity index (χ2v) is 3.00. The van der Waals surface area contributed by atoms with E-state index >= 15 is 0 Å². The molecule has 0 amide bonds. The summed E-state index contributed by atoms with van der Waals surface area (Å²) in [6.45, 7) is -0.691. The molecular weight excluding hydrogens is 208 g/mol. The molecule has 0 aliphatic rings. The maximum atomic E-state index is 13.1. The second-order valence-electron chi connectivity index (χ2n) is 3.00. The monoisotopic (exact) mass is 219 g/mol. The molecule has 0 aliphatic carbocycles. The van der Waals surface area contributed by atoms with Crippen LogP contribution in [0.3, 0.4) is 0 Å². The number of benzene rings is 1. The van der Waals surface area contributed by atoms with E-state index in [1.807, 2.05) is 0 Å². The van der Waals surface area contributed by atoms with E-state index in [1.165, 1.54) is 0 Å². The van der Waals surface area contributed by atoms with Crippen LogP contribution in [0.2, 0.25) is 0 Å². The topological polar surface area (TPSA) is 72.7 Å². The summed E-state index contributed by atoms with van der Waals surface area (Å²) in [6.07, 6.45) is -1.10. The molecule has 1 atom stereocenters. The van der Waals surface area contributed by atoms with Crippen molar-refractivity contribution in [2.45, 2.75) is 6.10 Å². The highest BCUT2D eigenvalue weighted by Crippen LogP contribution is 2.23. The molecule has 0 aromatic heterocycles. The summed E-state index contributed by atoms with van der Waals surface area (Å²) in [5, 5.41) is 28.6. The van der Waals surface area contributed by atoms with Crippen LogP contribution in [-0.4, -0.2) is 34.6 Å². The Morgan fingerprint density at radius 3 is 2.27 bits per heavy atom. The number of hydrogen-bond acceptors (Lipinski definition) is 4. The highest BCUT2D eigenvalue weighted by Gasteiger charge is 2.11. The fraction of sp³-hybridized carbons (Fsp3) is 0.333. The number of hydrogen-bond donors (Lipinski definition) is 4. The van der Waals surface area contributed by atoms with Gasteiger partial charge in [-0.25, -0.2) is 8.78 Å². The van der Waals surface area contributed by atoms with Crippen LogP contribution in [0, 0.1) is 11.6 Å². The highest BCUT2D eigenvalue weighted by atomic mass is 19.1. The Kier molecular flexibility index (Phi) is 3.81. The summed E-state index contributed by atoms with van der Waals surface area (Å²) in [6, 6.07) is 1.49. The molecule has 15 heavy (non-hydrogen) atoms. The molecule has 6 heteroatoms. The first-order valence-corrected chi connectivity index (χ1v) is 4.25. The summed E-state index contributed by atoms with van der Waals surface area (Å²) >= 11 is 0. The molecule has 0 bridgehead atoms. The normalized spacial score (nSPS) is 12.5. The first-order chi connectivity index (χ1) is 7.04. The summed E-state index contributed by atoms with van der Waals surface area (Å²) < 4.78 is 26.1. The maximum Gasteiger partial charge on any atom is 0.152 e. The van der Waals surface area contributed by atoms with Crippen molar-refractivity contribution in [3.63, 3.8) is 0 Å². The molecule has 0 saturated carbocycles. The van der Waals surface area contributed by atoms with Gasteiger partial charge in [0, 0.05) is 18.7 Å². The van der Waals surface area contributed by atoms with E-state index in [4.69, 9.17) is 15.3 Å². The average Bonchev–Trinajstić information content (AvgIpc) is 2.15. The Bertz CT molecular complexity index is 323. The molecule has 0 aliphatic heterocycles. The van der Waals surface area contributed by atoms with E-state index in [1.54, 1.807) is 0 Å². The van der Waals surface area contributed by atoms with Crippen LogP contribution in [0.1, 0.15) is 0 Å². The number of aliphatic hydroxyl groups is 2. The van der Waals surface area contributed by atoms with Gasteiger partial charge in [0.2, 0.25) is 0 Å². The standard InChI is InChI=1S/C9H11F2NO3/c10-7-1-5(14)2-8(11)9(7)12-3-6(15)4-13/h1-2,6,12-15H,3-4H2. The van der Waals surface area contributed by atoms with Crippen LogP contribution in [0.4, 0.5) is 14.5 Å². The minimum atomic E-state index is -1.10. The Hall–Kier alpha value is -1.40. The minimum absolute atomic E-state index is 0.185. The highest BCUT2D eigenvalue weighted by molar-refractivity contribution is 5.49. The Morgan fingerprint density at radius 2 is 1.80 bits per heavy atom. The zero-order valence-electron chi connectivity index (χ0n) is 7.74. The third kappa shape index (κ3) is 3.03. The van der Waals surface area contributed by atoms with Crippen molar-refractivity contribution >= 4 is 5.69 Å². The van der Waals surface area contributed by atoms with Gasteiger partial charge in [-0.05, 0) is 0 Å². The van der Waals surface area contributed by atoms with Crippen molar-refractivity contribution < 1.29 is 24.1 Å². The van der Waals surface area contributed by atoms with Crippen molar-refractivity contribution in [3.8, 4) is 5.75 Å². The lowest BCUT2D eigenvalue weighted by Gasteiger charge is -2.11. The quantitative estimate of drug-likeness (QED) is 0.554. The predicted octanol–water partition coefficient (Wildman–Crippen LogP) is 0.436. The van der Waals surface area contributed by atoms with Gasteiger partial charge in [0.25, 0.3) is 0 Å². The van der Waals surface area contributed by atoms with Crippen LogP contribution < -0.4 is 5.32 Å². The smallest absolute Gasteiger partial charge is 0.152 e. The molecule has 4 nitrogen and oxygen atoms in total. The fourth-order valence-corrected chi connectivity index (χ4v) is 1.01. The van der Waals surface area contributed by atoms with Gasteiger partial charge in [0.1, 0.15) is 11.4 Å². The van der Waals surface area contributed by atoms with Crippen LogP contribution >= 0.6 is 0 Å². The average molecular weight is 219 g/mol. The number of aromatic hydroxyl groups is 1. The van der Waals surface area contributed by atoms with Crippen LogP contribution in [0.15, 0.2) is 12.1 Å². The van der Waals surface area contributed by atoms with E-state index in [0.29, 0.717) is 0 Å². The van der Waals surface area contributed by atoms with Gasteiger partial charge in [0.05, 0.1) is 12.7 Å². The second kappa shape index (κ2) is 4.90. The molecule has 0 saturated heterocycles. The largest absolute Gasteiger partial charge is 0.508 e. The zero-order valence-corrected chi connectivity index (χ0v) is 7.74. The Morgan fingerprint density at radius 1 is 1.27 bits per heavy atom. The van der Waals surface area contributed by atoms with Crippen molar-refractivity contribution in [1.29, 1.82) is 0 Å². The summed E-state index contributed by atoms with van der Waals surface area (Å²) in [5.74, 6) is -2.44. The molecule has 1 aromatic carbocycles. The summed E-state index contributed by atoms with van der Waals surface area (Å²) in [7, 11) is 0. The van der Waals surface area contributed by atoms with Crippen molar-refractivity contribution in [2.75, 3.05) is 18.5 Å². The number of phenols is 1. The zero-order chi connectivity index (χ0) is 11.4. The van der Waals surface area contributed by atoms with Gasteiger partial charge in [0.15, 0.2) is 11.6 Å². The van der Waals surface area contributed by atoms with Gasteiger partial charge < -0.3 is 20.6 Å². The van der Waals surface area contributed by atoms with Gasteiger partial charge in [-0.2, -0.15) is 0 Å². The number of rotatable bonds is 4. The first-order valence-electron chi connectivity index (χ1n) is 4.25. The SMILES string of the molecule is OCC(O)CNc1c(F)cc(O)cc1F. The number of halogens is 2. The molecule has 84 valence electrons. The third-order valence-electron chi connectivity index (χ3n) is 1.75. The molecule has 0 heterocycles. The number of anilines is 1. The van der Waals surface area contributed by atoms with Crippen LogP contribution in [-0.2, 0) is 0 Å². The number of aliphatic hydroxyl groups excluding tert-OH is 2. The van der Waals surface area contributed by atoms with Crippen LogP contribution in [0.5, 0.6) is 5.75 Å². The third-order valence-corrected chi connectivity index (χ3v) is 1.75. The minimum Gasteiger partial charge on any atom is -0.508 e. The van der Waals surface area contributed by atoms with E-state index in [-0.39, 0.29) is 6.54 Å². The molecule has 4 N–H and O–H groups in total. The van der Waals surface area contributed by atoms with E-state index in [9.17, 15) is 8.78 Å². The Balaban J connectivity index is 2.77. The van der Waals surface area contributed by atoms with E-state index in [0.717, 1.165) is 12.1 Å². The lowest BCUT2D eigenvalue weighted by molar-refractivity contribution is 0.105. The van der Waals surface area contributed by atoms with Crippen molar-refractivity contribution in [2.24, 2.45) is 0 Å². The van der Waals surface area contributed by atoms with Crippen molar-refractivity contribution in [3.05, 3.63) is 23.8 Å². The van der Waals surface area contributed by atoms with Gasteiger partial charge in [-0.1, -0.05) is 0 Å². The summed E-state index contributed by atoms with van der Waals surface area (Å²) in [4.78, 5) is 0. The van der Waals surface area contributed by atoms with Crippen molar-refractivity contribution in [1.82, 2.24) is 0 Å². The molecule has 1 aromatic rings. The van der Waals surface area contributed by atoms with Gasteiger partial charge in [-0.15, -0.1) is 0 Å². The van der Waals surface area contributed by atoms with Crippen LogP contribution in [0.25, 0.3) is 0 Å². The predicted molar refractivity (Wildman–Crippen MR) is 49.6 cm³/mol. The first kappa shape index (κ1) is 11.7. The lowest BCUT2D eigenvalue weighted by atomic mass is 10.2. The number of nitrogens with one attached hydrogen (secondary N) is 1. The molecular formula is C9H11F2NO3. The molecule has 1 rings (SSSR count). The van der Waals surface area contributed by atoms with Gasteiger partial charge in [-0.3, -0.25) is 0 Å². The Labute approximate surface area is 84.8 Å². The number of phenolic OH excluding ortho intramolecular Hbond substituents is 1. The fourth-order valence-electron chi connectivity index (χ4n) is 1.01. The molecule has 0 fully saturated rings. The lowest BCUT2D eigenvalue weighted by Crippen LogP contribution is -2.23. The molecule has 0 radical (unpaired) electrons. The van der Waals surface area contributed by atoms with E-state index in [2.05, 4.69) is 5.32 Å². The molecule has 0 spiro atoms. The van der Waals surface area contributed by atoms with E-state index < -0.39 is 35.8 Å².